The summed E-state index contributed by atoms with van der Waals surface area (Å²) in [5.41, 5.74) is 2.77. The molecule has 0 atom stereocenters. The van der Waals surface area contributed by atoms with Crippen molar-refractivity contribution in [2.75, 3.05) is 20.3 Å². The van der Waals surface area contributed by atoms with E-state index in [-0.39, 0.29) is 48.9 Å². The van der Waals surface area contributed by atoms with E-state index in [0.29, 0.717) is 40.1 Å². The van der Waals surface area contributed by atoms with Crippen LogP contribution < -0.4 is 9.47 Å². The van der Waals surface area contributed by atoms with Gasteiger partial charge in [0.2, 0.25) is 0 Å². The van der Waals surface area contributed by atoms with E-state index in [9.17, 15) is 14.0 Å². The van der Waals surface area contributed by atoms with Crippen LogP contribution in [0.3, 0.4) is 0 Å². The second-order valence-electron chi connectivity index (χ2n) is 8.15. The molecule has 2 aromatic carbocycles. The van der Waals surface area contributed by atoms with Crippen LogP contribution in [0.5, 0.6) is 11.5 Å². The number of halogens is 1. The standard InChI is InChI=1S/C28H26FNO6/c1-3-17-13-22(20-16-36-28-19(20)5-4-6-21(28)29)30-23(14-17)25(33)9-8-24(32)18-7-10-26(35-12-11-31)27(15-18)34-2/h4-7,10,13-16,31H,3,8-9,11-12H2,1-2H3. The summed E-state index contributed by atoms with van der Waals surface area (Å²) >= 11 is 0. The van der Waals surface area contributed by atoms with Gasteiger partial charge in [-0.05, 0) is 48.4 Å². The molecule has 36 heavy (non-hydrogen) atoms. The van der Waals surface area contributed by atoms with Crippen molar-refractivity contribution >= 4 is 22.5 Å². The smallest absolute Gasteiger partial charge is 0.181 e. The van der Waals surface area contributed by atoms with Gasteiger partial charge in [-0.15, -0.1) is 0 Å². The topological polar surface area (TPSA) is 98.9 Å². The van der Waals surface area contributed by atoms with Gasteiger partial charge < -0.3 is 19.0 Å². The maximum atomic E-state index is 14.1. The maximum Gasteiger partial charge on any atom is 0.181 e. The van der Waals surface area contributed by atoms with E-state index in [1.54, 1.807) is 36.4 Å². The van der Waals surface area contributed by atoms with E-state index in [2.05, 4.69) is 4.98 Å². The number of aromatic nitrogens is 1. The van der Waals surface area contributed by atoms with Crippen molar-refractivity contribution < 1.29 is 33.0 Å². The highest BCUT2D eigenvalue weighted by molar-refractivity contribution is 6.02. The molecule has 0 saturated carbocycles. The molecule has 0 aliphatic rings. The number of fused-ring (bicyclic) bond motifs is 1. The third-order valence-corrected chi connectivity index (χ3v) is 5.82. The summed E-state index contributed by atoms with van der Waals surface area (Å²) in [7, 11) is 1.46. The number of carbonyl (C=O) groups is 2. The molecule has 0 bridgehead atoms. The lowest BCUT2D eigenvalue weighted by Crippen LogP contribution is -2.09. The minimum atomic E-state index is -0.468. The van der Waals surface area contributed by atoms with Gasteiger partial charge in [-0.3, -0.25) is 9.59 Å². The number of hydrogen-bond donors (Lipinski definition) is 1. The van der Waals surface area contributed by atoms with Crippen LogP contribution in [-0.4, -0.2) is 42.0 Å². The monoisotopic (exact) mass is 491 g/mol. The van der Waals surface area contributed by atoms with Crippen molar-refractivity contribution in [2.24, 2.45) is 0 Å². The van der Waals surface area contributed by atoms with Crippen molar-refractivity contribution in [1.29, 1.82) is 0 Å². The van der Waals surface area contributed by atoms with Gasteiger partial charge in [0.1, 0.15) is 18.6 Å². The minimum absolute atomic E-state index is 0.00789. The van der Waals surface area contributed by atoms with Gasteiger partial charge in [0.05, 0.1) is 19.4 Å². The lowest BCUT2D eigenvalue weighted by molar-refractivity contribution is 0.0915. The van der Waals surface area contributed by atoms with E-state index >= 15 is 0 Å². The first kappa shape index (κ1) is 25.1. The second kappa shape index (κ2) is 11.1. The van der Waals surface area contributed by atoms with Crippen molar-refractivity contribution in [1.82, 2.24) is 4.98 Å². The van der Waals surface area contributed by atoms with Crippen molar-refractivity contribution in [3.05, 3.63) is 77.4 Å². The summed E-state index contributed by atoms with van der Waals surface area (Å²) in [5.74, 6) is -0.178. The fraction of sp³-hybridized carbons (Fsp3) is 0.250. The molecule has 8 heteroatoms. The lowest BCUT2D eigenvalue weighted by Gasteiger charge is -2.11. The molecular weight excluding hydrogens is 465 g/mol. The van der Waals surface area contributed by atoms with Crippen LogP contribution in [-0.2, 0) is 6.42 Å². The highest BCUT2D eigenvalue weighted by atomic mass is 19.1. The van der Waals surface area contributed by atoms with Gasteiger partial charge in [-0.25, -0.2) is 9.37 Å². The molecule has 0 unspecified atom stereocenters. The number of pyridine rings is 1. The Bertz CT molecular complexity index is 1410. The Morgan fingerprint density at radius 2 is 1.86 bits per heavy atom. The van der Waals surface area contributed by atoms with Crippen LogP contribution in [0, 0.1) is 5.82 Å². The van der Waals surface area contributed by atoms with E-state index in [4.69, 9.17) is 19.0 Å². The number of aryl methyl sites for hydroxylation is 1. The molecule has 4 rings (SSSR count). The number of benzene rings is 2. The zero-order chi connectivity index (χ0) is 25.7. The second-order valence-corrected chi connectivity index (χ2v) is 8.15. The Hall–Kier alpha value is -4.04. The number of nitrogens with zero attached hydrogens (tertiary/aromatic N) is 1. The number of carbonyl (C=O) groups excluding carboxylic acids is 2. The fourth-order valence-electron chi connectivity index (χ4n) is 3.91. The number of Topliss-reactive ketones (excluding diaryl/α,β-unsaturated/α-hetero) is 2. The Balaban J connectivity index is 1.53. The number of aliphatic hydroxyl groups is 1. The molecule has 4 aromatic rings. The molecule has 0 saturated heterocycles. The molecule has 0 fully saturated rings. The number of para-hydroxylation sites is 1. The molecule has 0 spiro atoms. The van der Waals surface area contributed by atoms with Crippen molar-refractivity contribution in [2.45, 2.75) is 26.2 Å². The fourth-order valence-corrected chi connectivity index (χ4v) is 3.91. The molecular formula is C28H26FNO6. The number of methoxy groups -OCH3 is 1. The number of rotatable bonds is 11. The zero-order valence-corrected chi connectivity index (χ0v) is 20.0. The van der Waals surface area contributed by atoms with Gasteiger partial charge in [0, 0.05) is 29.4 Å². The zero-order valence-electron chi connectivity index (χ0n) is 20.0. The average Bonchev–Trinajstić information content (AvgIpc) is 3.35. The summed E-state index contributed by atoms with van der Waals surface area (Å²) in [6, 6.07) is 13.0. The van der Waals surface area contributed by atoms with E-state index in [1.807, 2.05) is 13.0 Å². The molecule has 186 valence electrons. The Morgan fingerprint density at radius 1 is 1.06 bits per heavy atom. The summed E-state index contributed by atoms with van der Waals surface area (Å²) in [6.07, 6.45) is 2.08. The molecule has 2 heterocycles. The van der Waals surface area contributed by atoms with E-state index in [0.717, 1.165) is 5.56 Å². The summed E-state index contributed by atoms with van der Waals surface area (Å²) in [5, 5.41) is 9.51. The number of furan rings is 1. The van der Waals surface area contributed by atoms with Gasteiger partial charge in [0.25, 0.3) is 0 Å². The largest absolute Gasteiger partial charge is 0.493 e. The normalized spacial score (nSPS) is 11.0. The SMILES string of the molecule is CCc1cc(C(=O)CCC(=O)c2ccc(OCCO)c(OC)c2)nc(-c2coc3c(F)cccc23)c1. The highest BCUT2D eigenvalue weighted by Crippen LogP contribution is 2.32. The van der Waals surface area contributed by atoms with Crippen LogP contribution in [0.1, 0.15) is 46.2 Å². The lowest BCUT2D eigenvalue weighted by atomic mass is 10.0. The summed E-state index contributed by atoms with van der Waals surface area (Å²) in [4.78, 5) is 30.3. The van der Waals surface area contributed by atoms with Crippen molar-refractivity contribution in [3.63, 3.8) is 0 Å². The first-order chi connectivity index (χ1) is 17.4. The van der Waals surface area contributed by atoms with Crippen LogP contribution >= 0.6 is 0 Å². The minimum Gasteiger partial charge on any atom is -0.493 e. The average molecular weight is 492 g/mol. The van der Waals surface area contributed by atoms with Gasteiger partial charge in [0.15, 0.2) is 34.5 Å². The Labute approximate surface area is 207 Å². The van der Waals surface area contributed by atoms with Crippen LogP contribution in [0.25, 0.3) is 22.2 Å². The Kier molecular flexibility index (Phi) is 7.75. The first-order valence-electron chi connectivity index (χ1n) is 11.6. The number of aliphatic hydroxyl groups excluding tert-OH is 1. The molecule has 0 amide bonds. The predicted octanol–water partition coefficient (Wildman–Crippen LogP) is 5.42. The summed E-state index contributed by atoms with van der Waals surface area (Å²) < 4.78 is 30.2. The maximum absolute atomic E-state index is 14.1. The van der Waals surface area contributed by atoms with Gasteiger partial charge >= 0.3 is 0 Å². The van der Waals surface area contributed by atoms with Crippen LogP contribution in [0.2, 0.25) is 0 Å². The molecule has 0 radical (unpaired) electrons. The summed E-state index contributed by atoms with van der Waals surface area (Å²) in [6.45, 7) is 1.92. The molecule has 7 nitrogen and oxygen atoms in total. The molecule has 2 aromatic heterocycles. The predicted molar refractivity (Wildman–Crippen MR) is 132 cm³/mol. The number of ketones is 2. The molecule has 0 aliphatic heterocycles. The van der Waals surface area contributed by atoms with Crippen LogP contribution in [0.4, 0.5) is 4.39 Å². The third kappa shape index (κ3) is 5.28. The van der Waals surface area contributed by atoms with E-state index in [1.165, 1.54) is 19.4 Å². The number of hydrogen-bond acceptors (Lipinski definition) is 7. The first-order valence-corrected chi connectivity index (χ1v) is 11.6. The van der Waals surface area contributed by atoms with Crippen molar-refractivity contribution in [3.8, 4) is 22.8 Å². The number of ether oxygens (including phenoxy) is 2. The quantitative estimate of drug-likeness (QED) is 0.280. The third-order valence-electron chi connectivity index (χ3n) is 5.82. The Morgan fingerprint density at radius 3 is 2.61 bits per heavy atom. The van der Waals surface area contributed by atoms with Crippen LogP contribution in [0.15, 0.2) is 59.2 Å². The highest BCUT2D eigenvalue weighted by Gasteiger charge is 2.18. The van der Waals surface area contributed by atoms with Gasteiger partial charge in [-0.2, -0.15) is 0 Å². The van der Waals surface area contributed by atoms with E-state index < -0.39 is 5.82 Å². The van der Waals surface area contributed by atoms with Gasteiger partial charge in [-0.1, -0.05) is 19.1 Å². The molecule has 0 aliphatic carbocycles. The molecule has 1 N–H and O–H groups in total.